The smallest absolute Gasteiger partial charge is 0.289 e. The van der Waals surface area contributed by atoms with Gasteiger partial charge in [0.1, 0.15) is 11.3 Å². The predicted octanol–water partition coefficient (Wildman–Crippen LogP) is 1.07. The molecule has 2 heterocycles. The lowest BCUT2D eigenvalue weighted by Gasteiger charge is -2.08. The van der Waals surface area contributed by atoms with Crippen LogP contribution in [0.4, 0.5) is 23.3 Å². The van der Waals surface area contributed by atoms with Crippen LogP contribution in [0.5, 0.6) is 0 Å². The first-order valence-corrected chi connectivity index (χ1v) is 6.45. The number of aromatic nitrogens is 4. The van der Waals surface area contributed by atoms with Gasteiger partial charge in [-0.1, -0.05) is 0 Å². The van der Waals surface area contributed by atoms with Crippen LogP contribution in [0.1, 0.15) is 5.69 Å². The Kier molecular flexibility index (Phi) is 3.02. The van der Waals surface area contributed by atoms with E-state index in [-0.39, 0.29) is 5.95 Å². The second-order valence-corrected chi connectivity index (χ2v) is 4.85. The molecule has 0 aliphatic heterocycles. The molecular formula is C14H16N7+. The molecule has 0 bridgehead atoms. The molecule has 21 heavy (non-hydrogen) atoms. The zero-order valence-electron chi connectivity index (χ0n) is 11.8. The number of hydrogen-bond acceptors (Lipinski definition) is 6. The quantitative estimate of drug-likeness (QED) is 0.607. The van der Waals surface area contributed by atoms with Crippen LogP contribution in [0, 0.1) is 6.92 Å². The molecule has 0 fully saturated rings. The van der Waals surface area contributed by atoms with Crippen LogP contribution in [0.25, 0.3) is 10.9 Å². The zero-order chi connectivity index (χ0) is 15.0. The van der Waals surface area contributed by atoms with Gasteiger partial charge in [0.2, 0.25) is 11.8 Å². The van der Waals surface area contributed by atoms with Crippen LogP contribution < -0.4 is 21.4 Å². The van der Waals surface area contributed by atoms with E-state index in [9.17, 15) is 0 Å². The lowest BCUT2D eigenvalue weighted by Crippen LogP contribution is -2.29. The number of nitrogens with two attached hydrogens (primary N) is 2. The highest BCUT2D eigenvalue weighted by molar-refractivity contribution is 5.89. The number of benzene rings is 1. The number of nitrogen functional groups attached to an aromatic ring is 2. The molecule has 0 saturated carbocycles. The number of fused-ring (bicyclic) bond motifs is 1. The molecule has 0 aliphatic rings. The van der Waals surface area contributed by atoms with E-state index in [1.807, 2.05) is 42.8 Å². The molecule has 0 spiro atoms. The fourth-order valence-electron chi connectivity index (χ4n) is 2.21. The molecule has 5 N–H and O–H groups in total. The van der Waals surface area contributed by atoms with Crippen molar-refractivity contribution in [3.05, 3.63) is 36.3 Å². The normalized spacial score (nSPS) is 10.8. The molecule has 3 aromatic rings. The fourth-order valence-corrected chi connectivity index (χ4v) is 2.21. The Balaban J connectivity index is 2.03. The van der Waals surface area contributed by atoms with Gasteiger partial charge in [0.25, 0.3) is 6.33 Å². The average molecular weight is 282 g/mol. The maximum Gasteiger partial charge on any atom is 0.289 e. The molecule has 7 heteroatoms. The predicted molar refractivity (Wildman–Crippen MR) is 81.8 cm³/mol. The second-order valence-electron chi connectivity index (χ2n) is 4.85. The van der Waals surface area contributed by atoms with Gasteiger partial charge in [0.15, 0.2) is 0 Å². The Labute approximate surface area is 121 Å². The van der Waals surface area contributed by atoms with E-state index in [4.69, 9.17) is 11.5 Å². The van der Waals surface area contributed by atoms with Gasteiger partial charge in [-0.05, 0) is 30.1 Å². The summed E-state index contributed by atoms with van der Waals surface area (Å²) in [5, 5.41) is 4.08. The van der Waals surface area contributed by atoms with Crippen molar-refractivity contribution >= 4 is 34.2 Å². The van der Waals surface area contributed by atoms with E-state index in [0.29, 0.717) is 11.6 Å². The molecule has 0 aliphatic carbocycles. The summed E-state index contributed by atoms with van der Waals surface area (Å²) >= 11 is 0. The molecule has 0 atom stereocenters. The van der Waals surface area contributed by atoms with Crippen molar-refractivity contribution in [2.75, 3.05) is 16.8 Å². The number of nitrogens with zero attached hydrogens (tertiary/aromatic N) is 4. The molecule has 0 radical (unpaired) electrons. The first-order valence-electron chi connectivity index (χ1n) is 6.45. The van der Waals surface area contributed by atoms with E-state index in [0.717, 1.165) is 22.3 Å². The van der Waals surface area contributed by atoms with Gasteiger partial charge in [0.05, 0.1) is 12.4 Å². The van der Waals surface area contributed by atoms with Crippen LogP contribution in [-0.2, 0) is 7.05 Å². The first kappa shape index (κ1) is 13.0. The molecule has 106 valence electrons. The molecule has 1 aromatic carbocycles. The minimum Gasteiger partial charge on any atom is -0.368 e. The molecular weight excluding hydrogens is 266 g/mol. The third-order valence-electron chi connectivity index (χ3n) is 3.17. The Morgan fingerprint density at radius 3 is 2.71 bits per heavy atom. The Morgan fingerprint density at radius 1 is 1.14 bits per heavy atom. The van der Waals surface area contributed by atoms with Crippen LogP contribution in [-0.4, -0.2) is 15.0 Å². The van der Waals surface area contributed by atoms with Gasteiger partial charge in [0, 0.05) is 17.4 Å². The fraction of sp³-hybridized carbons (Fsp3) is 0.143. The zero-order valence-corrected chi connectivity index (χ0v) is 11.8. The summed E-state index contributed by atoms with van der Waals surface area (Å²) in [6.45, 7) is 1.87. The topological polar surface area (TPSA) is 107 Å². The number of anilines is 4. The van der Waals surface area contributed by atoms with Crippen LogP contribution in [0.2, 0.25) is 0 Å². The van der Waals surface area contributed by atoms with Crippen LogP contribution in [0.15, 0.2) is 30.6 Å². The van der Waals surface area contributed by atoms with Gasteiger partial charge < -0.3 is 16.8 Å². The van der Waals surface area contributed by atoms with Crippen molar-refractivity contribution in [2.24, 2.45) is 7.05 Å². The number of rotatable bonds is 2. The van der Waals surface area contributed by atoms with Crippen LogP contribution in [0.3, 0.4) is 0 Å². The van der Waals surface area contributed by atoms with Gasteiger partial charge in [-0.3, -0.25) is 0 Å². The number of nitrogens with one attached hydrogen (secondary N) is 1. The lowest BCUT2D eigenvalue weighted by atomic mass is 10.2. The van der Waals surface area contributed by atoms with Gasteiger partial charge >= 0.3 is 0 Å². The summed E-state index contributed by atoms with van der Waals surface area (Å²) in [5.74, 6) is 1.38. The van der Waals surface area contributed by atoms with Crippen molar-refractivity contribution in [3.63, 3.8) is 0 Å². The van der Waals surface area contributed by atoms with Crippen molar-refractivity contribution in [2.45, 2.75) is 6.92 Å². The maximum atomic E-state index is 5.94. The SMILES string of the molecule is Cc1cc(Nc2ccc3c(c2)c(N)nc[n+]3C)nc(N)n1. The van der Waals surface area contributed by atoms with Crippen LogP contribution >= 0.6 is 0 Å². The standard InChI is InChI=1S/C14H15N7/c1-8-5-12(20-14(16)18-8)19-9-3-4-11-10(6-9)13(15)17-7-21(11)2/h3-7,15H,1-2H3,(H3,16,18,19,20)/p+1. The van der Waals surface area contributed by atoms with Gasteiger partial charge in [-0.15, -0.1) is 0 Å². The van der Waals surface area contributed by atoms with E-state index in [2.05, 4.69) is 20.3 Å². The highest BCUT2D eigenvalue weighted by atomic mass is 15.1. The summed E-state index contributed by atoms with van der Waals surface area (Å²) in [6, 6.07) is 7.70. The summed E-state index contributed by atoms with van der Waals surface area (Å²) in [6.07, 6.45) is 1.69. The molecule has 0 unspecified atom stereocenters. The minimum absolute atomic E-state index is 0.242. The van der Waals surface area contributed by atoms with Crippen molar-refractivity contribution in [1.29, 1.82) is 0 Å². The minimum atomic E-state index is 0.242. The summed E-state index contributed by atoms with van der Waals surface area (Å²) < 4.78 is 1.92. The molecule has 2 aromatic heterocycles. The molecule has 0 amide bonds. The third-order valence-corrected chi connectivity index (χ3v) is 3.17. The van der Waals surface area contributed by atoms with E-state index >= 15 is 0 Å². The Bertz CT molecular complexity index is 809. The van der Waals surface area contributed by atoms with E-state index in [1.165, 1.54) is 0 Å². The molecule has 7 nitrogen and oxygen atoms in total. The Morgan fingerprint density at radius 2 is 1.95 bits per heavy atom. The van der Waals surface area contributed by atoms with Crippen molar-refractivity contribution in [3.8, 4) is 0 Å². The van der Waals surface area contributed by atoms with Crippen molar-refractivity contribution in [1.82, 2.24) is 15.0 Å². The summed E-state index contributed by atoms with van der Waals surface area (Å²) in [5.41, 5.74) is 14.3. The van der Waals surface area contributed by atoms with E-state index < -0.39 is 0 Å². The highest BCUT2D eigenvalue weighted by Gasteiger charge is 2.10. The maximum absolute atomic E-state index is 5.94. The largest absolute Gasteiger partial charge is 0.368 e. The second kappa shape index (κ2) is 4.86. The number of aryl methyl sites for hydroxylation is 2. The monoisotopic (exact) mass is 282 g/mol. The van der Waals surface area contributed by atoms with Gasteiger partial charge in [-0.25, -0.2) is 9.55 Å². The number of hydrogen-bond donors (Lipinski definition) is 3. The summed E-state index contributed by atoms with van der Waals surface area (Å²) in [7, 11) is 1.93. The van der Waals surface area contributed by atoms with E-state index in [1.54, 1.807) is 6.33 Å². The average Bonchev–Trinajstić information content (AvgIpc) is 2.42. The molecule has 3 rings (SSSR count). The Hall–Kier alpha value is -2.96. The lowest BCUT2D eigenvalue weighted by molar-refractivity contribution is -0.647. The highest BCUT2D eigenvalue weighted by Crippen LogP contribution is 2.22. The first-order chi connectivity index (χ1) is 10.0. The molecule has 0 saturated heterocycles. The third kappa shape index (κ3) is 2.53. The van der Waals surface area contributed by atoms with Crippen molar-refractivity contribution < 1.29 is 4.57 Å². The summed E-state index contributed by atoms with van der Waals surface area (Å²) in [4.78, 5) is 12.3. The van der Waals surface area contributed by atoms with Gasteiger partial charge in [-0.2, -0.15) is 4.98 Å².